The molecule has 1 aromatic rings. The maximum absolute atomic E-state index is 13.6. The van der Waals surface area contributed by atoms with Gasteiger partial charge < -0.3 is 19.4 Å². The van der Waals surface area contributed by atoms with Gasteiger partial charge in [0.2, 0.25) is 11.8 Å². The van der Waals surface area contributed by atoms with Crippen molar-refractivity contribution in [2.45, 2.75) is 57.5 Å². The van der Waals surface area contributed by atoms with Crippen molar-refractivity contribution in [3.63, 3.8) is 0 Å². The number of methoxy groups -OCH3 is 1. The molecule has 3 saturated heterocycles. The van der Waals surface area contributed by atoms with Crippen molar-refractivity contribution >= 4 is 11.8 Å². The third-order valence-electron chi connectivity index (χ3n) is 7.55. The molecule has 3 aliphatic heterocycles. The Balaban J connectivity index is 1.40. The van der Waals surface area contributed by atoms with Crippen molar-refractivity contribution in [3.05, 3.63) is 35.9 Å². The number of carbonyl (C=O) groups is 2. The zero-order chi connectivity index (χ0) is 22.3. The largest absolute Gasteiger partial charge is 0.385 e. The van der Waals surface area contributed by atoms with Crippen LogP contribution in [0.25, 0.3) is 0 Å². The normalized spacial score (nSPS) is 26.2. The molecular weight excluding hydrogens is 402 g/mol. The number of benzene rings is 1. The number of hydrogen-bond acceptors (Lipinski definition) is 4. The Hall–Kier alpha value is -1.92. The van der Waals surface area contributed by atoms with Crippen molar-refractivity contribution in [1.29, 1.82) is 0 Å². The van der Waals surface area contributed by atoms with Gasteiger partial charge in [-0.3, -0.25) is 9.59 Å². The maximum Gasteiger partial charge on any atom is 0.228 e. The van der Waals surface area contributed by atoms with E-state index in [1.807, 2.05) is 35.2 Å². The van der Waals surface area contributed by atoms with Crippen molar-refractivity contribution in [3.8, 4) is 0 Å². The Morgan fingerprint density at radius 2 is 1.94 bits per heavy atom. The Morgan fingerprint density at radius 1 is 1.12 bits per heavy atom. The number of amides is 2. The second-order valence-electron chi connectivity index (χ2n) is 9.79. The lowest BCUT2D eigenvalue weighted by Crippen LogP contribution is -2.52. The van der Waals surface area contributed by atoms with Crippen LogP contribution in [0.15, 0.2) is 30.3 Å². The van der Waals surface area contributed by atoms with Crippen molar-refractivity contribution < 1.29 is 14.3 Å². The highest BCUT2D eigenvalue weighted by atomic mass is 16.5. The van der Waals surface area contributed by atoms with Gasteiger partial charge in [-0.2, -0.15) is 0 Å². The highest BCUT2D eigenvalue weighted by Gasteiger charge is 2.39. The minimum Gasteiger partial charge on any atom is -0.385 e. The van der Waals surface area contributed by atoms with E-state index >= 15 is 0 Å². The summed E-state index contributed by atoms with van der Waals surface area (Å²) in [4.78, 5) is 32.9. The van der Waals surface area contributed by atoms with Crippen LogP contribution >= 0.6 is 0 Å². The second-order valence-corrected chi connectivity index (χ2v) is 9.79. The van der Waals surface area contributed by atoms with Gasteiger partial charge in [0.1, 0.15) is 0 Å². The molecule has 0 bridgehead atoms. The summed E-state index contributed by atoms with van der Waals surface area (Å²) in [5.41, 5.74) is 1.12. The molecular formula is C26H39N3O3. The van der Waals surface area contributed by atoms with E-state index in [-0.39, 0.29) is 17.7 Å². The van der Waals surface area contributed by atoms with Gasteiger partial charge in [0.05, 0.1) is 5.92 Å². The number of rotatable bonds is 9. The minimum atomic E-state index is -0.222. The van der Waals surface area contributed by atoms with E-state index in [9.17, 15) is 9.59 Å². The van der Waals surface area contributed by atoms with Crippen LogP contribution in [0.4, 0.5) is 0 Å². The minimum absolute atomic E-state index is 0.0974. The van der Waals surface area contributed by atoms with Crippen LogP contribution in [0.2, 0.25) is 0 Å². The highest BCUT2D eigenvalue weighted by Crippen LogP contribution is 2.32. The molecule has 3 heterocycles. The monoisotopic (exact) mass is 441 g/mol. The SMILES string of the molecule is COCCCN(C[C@@H]1CCCN2CCCC[C@@H]12)C(=O)[C@@H]1CC(=O)N(Cc2ccccc2)C1. The first-order valence-corrected chi connectivity index (χ1v) is 12.5. The molecule has 0 aromatic heterocycles. The topological polar surface area (TPSA) is 53.1 Å². The highest BCUT2D eigenvalue weighted by molar-refractivity contribution is 5.89. The van der Waals surface area contributed by atoms with Crippen LogP contribution in [0.1, 0.15) is 50.5 Å². The van der Waals surface area contributed by atoms with E-state index in [4.69, 9.17) is 4.74 Å². The Morgan fingerprint density at radius 3 is 2.75 bits per heavy atom. The van der Waals surface area contributed by atoms with Gasteiger partial charge in [0.25, 0.3) is 0 Å². The summed E-state index contributed by atoms with van der Waals surface area (Å²) in [5, 5.41) is 0. The first kappa shape index (κ1) is 23.2. The Kier molecular flexibility index (Phi) is 8.20. The average Bonchev–Trinajstić information content (AvgIpc) is 3.19. The number of piperidine rings is 2. The quantitative estimate of drug-likeness (QED) is 0.553. The Labute approximate surface area is 192 Å². The molecule has 0 spiro atoms. The van der Waals surface area contributed by atoms with Crippen LogP contribution in [-0.2, 0) is 20.9 Å². The molecule has 32 heavy (non-hydrogen) atoms. The summed E-state index contributed by atoms with van der Waals surface area (Å²) in [6.45, 7) is 5.76. The number of likely N-dealkylation sites (tertiary alicyclic amines) is 1. The summed E-state index contributed by atoms with van der Waals surface area (Å²) in [5.74, 6) is 0.589. The van der Waals surface area contributed by atoms with E-state index in [1.54, 1.807) is 7.11 Å². The molecule has 0 saturated carbocycles. The zero-order valence-corrected chi connectivity index (χ0v) is 19.6. The van der Waals surface area contributed by atoms with E-state index in [0.29, 0.717) is 38.1 Å². The molecule has 6 heteroatoms. The van der Waals surface area contributed by atoms with Crippen molar-refractivity contribution in [2.24, 2.45) is 11.8 Å². The van der Waals surface area contributed by atoms with E-state index in [0.717, 1.165) is 25.1 Å². The summed E-state index contributed by atoms with van der Waals surface area (Å²) < 4.78 is 5.27. The van der Waals surface area contributed by atoms with Gasteiger partial charge in [0.15, 0.2) is 0 Å². The molecule has 0 aliphatic carbocycles. The number of hydrogen-bond donors (Lipinski definition) is 0. The molecule has 0 N–H and O–H groups in total. The maximum atomic E-state index is 13.6. The van der Waals surface area contributed by atoms with Crippen molar-refractivity contribution in [2.75, 3.05) is 46.4 Å². The lowest BCUT2D eigenvalue weighted by Gasteiger charge is -2.46. The smallest absolute Gasteiger partial charge is 0.228 e. The molecule has 3 fully saturated rings. The van der Waals surface area contributed by atoms with Crippen LogP contribution in [-0.4, -0.2) is 79.0 Å². The van der Waals surface area contributed by atoms with Crippen LogP contribution in [0.5, 0.6) is 0 Å². The zero-order valence-electron chi connectivity index (χ0n) is 19.6. The van der Waals surface area contributed by atoms with Gasteiger partial charge in [-0.15, -0.1) is 0 Å². The lowest BCUT2D eigenvalue weighted by molar-refractivity contribution is -0.137. The lowest BCUT2D eigenvalue weighted by atomic mass is 9.83. The average molecular weight is 442 g/mol. The molecule has 3 atom stereocenters. The molecule has 0 unspecified atom stereocenters. The summed E-state index contributed by atoms with van der Waals surface area (Å²) in [7, 11) is 1.71. The fraction of sp³-hybridized carbons (Fsp3) is 0.692. The summed E-state index contributed by atoms with van der Waals surface area (Å²) in [6, 6.07) is 10.7. The van der Waals surface area contributed by atoms with Crippen molar-refractivity contribution in [1.82, 2.24) is 14.7 Å². The van der Waals surface area contributed by atoms with E-state index in [1.165, 1.54) is 45.2 Å². The third-order valence-corrected chi connectivity index (χ3v) is 7.55. The summed E-state index contributed by atoms with van der Waals surface area (Å²) >= 11 is 0. The van der Waals surface area contributed by atoms with Gasteiger partial charge in [-0.05, 0) is 56.7 Å². The molecule has 3 aliphatic rings. The van der Waals surface area contributed by atoms with Gasteiger partial charge in [-0.1, -0.05) is 36.8 Å². The van der Waals surface area contributed by atoms with Gasteiger partial charge in [0, 0.05) is 52.4 Å². The molecule has 4 rings (SSSR count). The summed E-state index contributed by atoms with van der Waals surface area (Å²) in [6.07, 6.45) is 7.50. The molecule has 2 amide bonds. The predicted octanol–water partition coefficient (Wildman–Crippen LogP) is 3.16. The third kappa shape index (κ3) is 5.70. The molecule has 176 valence electrons. The van der Waals surface area contributed by atoms with Crippen LogP contribution in [0.3, 0.4) is 0 Å². The van der Waals surface area contributed by atoms with Crippen LogP contribution in [0, 0.1) is 11.8 Å². The number of ether oxygens (including phenoxy) is 1. The van der Waals surface area contributed by atoms with Gasteiger partial charge >= 0.3 is 0 Å². The first-order chi connectivity index (χ1) is 15.7. The number of fused-ring (bicyclic) bond motifs is 1. The fourth-order valence-corrected chi connectivity index (χ4v) is 5.92. The second kappa shape index (κ2) is 11.3. The first-order valence-electron chi connectivity index (χ1n) is 12.5. The van der Waals surface area contributed by atoms with Crippen LogP contribution < -0.4 is 0 Å². The van der Waals surface area contributed by atoms with Gasteiger partial charge in [-0.25, -0.2) is 0 Å². The number of carbonyl (C=O) groups excluding carboxylic acids is 2. The number of nitrogens with zero attached hydrogens (tertiary/aromatic N) is 3. The Bertz CT molecular complexity index is 754. The van der Waals surface area contributed by atoms with E-state index < -0.39 is 0 Å². The molecule has 6 nitrogen and oxygen atoms in total. The predicted molar refractivity (Wildman–Crippen MR) is 125 cm³/mol. The molecule has 0 radical (unpaired) electrons. The standard InChI is InChI=1S/C26H39N3O3/c1-32-16-8-15-28(19-22-11-7-14-27-13-6-5-12-24(22)27)26(31)23-17-25(30)29(20-23)18-21-9-3-2-4-10-21/h2-4,9-10,22-24H,5-8,11-20H2,1H3/t22-,23+,24-/m0/s1. The van der Waals surface area contributed by atoms with E-state index in [2.05, 4.69) is 9.80 Å². The fourth-order valence-electron chi connectivity index (χ4n) is 5.92. The molecule has 1 aromatic carbocycles.